The van der Waals surface area contributed by atoms with Crippen LogP contribution in [0.1, 0.15) is 44.5 Å². The topological polar surface area (TPSA) is 93.1 Å². The molecule has 1 aromatic heterocycles. The van der Waals surface area contributed by atoms with Gasteiger partial charge in [-0.25, -0.2) is 27.3 Å². The second kappa shape index (κ2) is 12.9. The van der Waals surface area contributed by atoms with Gasteiger partial charge in [-0.2, -0.15) is 0 Å². The molecule has 4 rings (SSSR count). The lowest BCUT2D eigenvalue weighted by molar-refractivity contribution is 0.243. The maximum atomic E-state index is 13.8. The van der Waals surface area contributed by atoms with Crippen LogP contribution in [-0.4, -0.2) is 30.0 Å². The molecule has 0 radical (unpaired) electrons. The quantitative estimate of drug-likeness (QED) is 0.176. The van der Waals surface area contributed by atoms with Crippen LogP contribution in [0, 0.1) is 5.82 Å². The zero-order valence-corrected chi connectivity index (χ0v) is 27.0. The molecule has 7 nitrogen and oxygen atoms in total. The maximum absolute atomic E-state index is 13.8. The van der Waals surface area contributed by atoms with E-state index < -0.39 is 21.5 Å². The Hall–Kier alpha value is -2.76. The van der Waals surface area contributed by atoms with Gasteiger partial charge in [0.05, 0.1) is 26.8 Å². The minimum absolute atomic E-state index is 0.140. The van der Waals surface area contributed by atoms with Crippen molar-refractivity contribution in [3.05, 3.63) is 105 Å². The zero-order chi connectivity index (χ0) is 30.8. The third kappa shape index (κ3) is 7.23. The lowest BCUT2D eigenvalue weighted by atomic mass is 9.81. The number of halogens is 4. The van der Waals surface area contributed by atoms with E-state index in [-0.39, 0.29) is 21.8 Å². The predicted molar refractivity (Wildman–Crippen MR) is 167 cm³/mol. The van der Waals surface area contributed by atoms with E-state index in [0.717, 1.165) is 11.3 Å². The van der Waals surface area contributed by atoms with Crippen LogP contribution in [0.4, 0.5) is 9.18 Å². The first-order valence-electron chi connectivity index (χ1n) is 12.7. The van der Waals surface area contributed by atoms with Crippen molar-refractivity contribution in [3.63, 3.8) is 0 Å². The summed E-state index contributed by atoms with van der Waals surface area (Å²) in [5.41, 5.74) is 2.53. The van der Waals surface area contributed by atoms with Crippen molar-refractivity contribution in [2.45, 2.75) is 55.0 Å². The highest BCUT2D eigenvalue weighted by Gasteiger charge is 2.30. The van der Waals surface area contributed by atoms with Crippen molar-refractivity contribution < 1.29 is 17.6 Å². The Labute approximate surface area is 263 Å². The molecule has 0 saturated heterocycles. The molecule has 0 saturated carbocycles. The molecule has 13 heteroatoms. The first-order chi connectivity index (χ1) is 19.7. The summed E-state index contributed by atoms with van der Waals surface area (Å²) in [6.07, 6.45) is 1.76. The molecule has 0 spiro atoms. The van der Waals surface area contributed by atoms with Crippen molar-refractivity contribution >= 4 is 62.6 Å². The van der Waals surface area contributed by atoms with Crippen LogP contribution in [0.5, 0.6) is 0 Å². The predicted octanol–water partition coefficient (Wildman–Crippen LogP) is 7.99. The number of urea groups is 1. The molecule has 0 aliphatic heterocycles. The van der Waals surface area contributed by atoms with Crippen molar-refractivity contribution in [3.8, 4) is 5.69 Å². The average molecular weight is 670 g/mol. The number of thioether (sulfide) groups is 1. The number of nitrogens with zero attached hydrogens (tertiary/aromatic N) is 2. The van der Waals surface area contributed by atoms with Gasteiger partial charge in [-0.15, -0.1) is 0 Å². The van der Waals surface area contributed by atoms with E-state index in [4.69, 9.17) is 34.8 Å². The molecule has 0 aliphatic carbocycles. The van der Waals surface area contributed by atoms with Crippen LogP contribution in [0.2, 0.25) is 15.1 Å². The number of imidazole rings is 1. The minimum Gasteiger partial charge on any atom is -0.335 e. The second-order valence-corrected chi connectivity index (χ2v) is 14.1. The summed E-state index contributed by atoms with van der Waals surface area (Å²) in [5, 5.41) is 4.18. The largest absolute Gasteiger partial charge is 0.335 e. The molecule has 0 atom stereocenters. The molecule has 2 N–H and O–H groups in total. The van der Waals surface area contributed by atoms with Crippen molar-refractivity contribution in [2.24, 2.45) is 0 Å². The average Bonchev–Trinajstić information content (AvgIpc) is 3.34. The number of nitrogens with one attached hydrogen (secondary N) is 2. The van der Waals surface area contributed by atoms with Gasteiger partial charge in [-0.05, 0) is 73.5 Å². The Morgan fingerprint density at radius 2 is 1.69 bits per heavy atom. The number of rotatable bonds is 9. The highest BCUT2D eigenvalue weighted by molar-refractivity contribution is 7.98. The van der Waals surface area contributed by atoms with Gasteiger partial charge in [-0.1, -0.05) is 72.5 Å². The van der Waals surface area contributed by atoms with E-state index in [2.05, 4.69) is 10.3 Å². The Balaban J connectivity index is 1.65. The normalized spacial score (nSPS) is 12.0. The van der Waals surface area contributed by atoms with E-state index in [9.17, 15) is 17.6 Å². The Morgan fingerprint density at radius 3 is 2.31 bits per heavy atom. The monoisotopic (exact) mass is 668 g/mol. The van der Waals surface area contributed by atoms with Crippen LogP contribution in [0.3, 0.4) is 0 Å². The lowest BCUT2D eigenvalue weighted by Crippen LogP contribution is -2.42. The standard InChI is InChI=1S/C29H28Cl3FN4O3S2/c1-17(2)35-27(38)36-42(39,40)22-11-5-18(24(31)14-22)16-41-28-34-15-26(37(28)21-9-7-20(33)8-10-21)29(3,4)19-6-12-23(30)25(32)13-19/h5-15,17H,16H2,1-4H3,(H2,35,36,38). The fraction of sp³-hybridized carbons (Fsp3) is 0.241. The molecular formula is C29H28Cl3FN4O3S2. The number of amides is 2. The van der Waals surface area contributed by atoms with Crippen LogP contribution in [0.15, 0.2) is 76.9 Å². The molecule has 1 heterocycles. The fourth-order valence-electron chi connectivity index (χ4n) is 4.18. The molecule has 0 unspecified atom stereocenters. The second-order valence-electron chi connectivity index (χ2n) is 10.3. The molecular weight excluding hydrogens is 642 g/mol. The number of sulfonamides is 1. The van der Waals surface area contributed by atoms with E-state index >= 15 is 0 Å². The Morgan fingerprint density at radius 1 is 1.00 bits per heavy atom. The van der Waals surface area contributed by atoms with Gasteiger partial charge < -0.3 is 5.32 Å². The maximum Gasteiger partial charge on any atom is 0.328 e. The third-order valence-electron chi connectivity index (χ3n) is 6.43. The Bertz CT molecular complexity index is 1730. The summed E-state index contributed by atoms with van der Waals surface area (Å²) in [6, 6.07) is 14.8. The highest BCUT2D eigenvalue weighted by Crippen LogP contribution is 2.39. The number of benzene rings is 3. The zero-order valence-electron chi connectivity index (χ0n) is 23.1. The SMILES string of the molecule is CC(C)NC(=O)NS(=O)(=O)c1ccc(CSc2ncc(C(C)(C)c3ccc(Cl)c(Cl)c3)n2-c2ccc(F)cc2)c(Cl)c1. The van der Waals surface area contributed by atoms with Gasteiger partial charge in [0.1, 0.15) is 5.82 Å². The van der Waals surface area contributed by atoms with Crippen LogP contribution in [-0.2, 0) is 21.2 Å². The summed E-state index contributed by atoms with van der Waals surface area (Å²) in [4.78, 5) is 16.5. The van der Waals surface area contributed by atoms with E-state index in [1.54, 1.807) is 44.3 Å². The fourth-order valence-corrected chi connectivity index (χ4v) is 6.80. The number of hydrogen-bond donors (Lipinski definition) is 2. The molecule has 0 fully saturated rings. The van der Waals surface area contributed by atoms with Gasteiger partial charge >= 0.3 is 6.03 Å². The molecule has 0 bridgehead atoms. The minimum atomic E-state index is -4.12. The summed E-state index contributed by atoms with van der Waals surface area (Å²) in [7, 11) is -4.12. The molecule has 4 aromatic rings. The van der Waals surface area contributed by atoms with Crippen molar-refractivity contribution in [1.29, 1.82) is 0 Å². The molecule has 42 heavy (non-hydrogen) atoms. The van der Waals surface area contributed by atoms with Gasteiger partial charge in [0.2, 0.25) is 0 Å². The van der Waals surface area contributed by atoms with Gasteiger partial charge in [0.25, 0.3) is 10.0 Å². The van der Waals surface area contributed by atoms with E-state index in [1.165, 1.54) is 36.0 Å². The smallest absolute Gasteiger partial charge is 0.328 e. The summed E-state index contributed by atoms with van der Waals surface area (Å²) in [6.45, 7) is 7.50. The first kappa shape index (κ1) is 32.2. The van der Waals surface area contributed by atoms with Gasteiger partial charge in [-0.3, -0.25) is 4.57 Å². The number of carbonyl (C=O) groups excluding carboxylic acids is 1. The van der Waals surface area contributed by atoms with Crippen molar-refractivity contribution in [2.75, 3.05) is 0 Å². The highest BCUT2D eigenvalue weighted by atomic mass is 35.5. The summed E-state index contributed by atoms with van der Waals surface area (Å²) in [5.74, 6) is -0.0120. The molecule has 222 valence electrons. The molecule has 2 amide bonds. The molecule has 3 aromatic carbocycles. The van der Waals surface area contributed by atoms with Gasteiger partial charge in [0.15, 0.2) is 5.16 Å². The Kier molecular flexibility index (Phi) is 9.84. The van der Waals surface area contributed by atoms with Crippen LogP contribution >= 0.6 is 46.6 Å². The summed E-state index contributed by atoms with van der Waals surface area (Å²) < 4.78 is 43.1. The van der Waals surface area contributed by atoms with E-state index in [0.29, 0.717) is 32.2 Å². The van der Waals surface area contributed by atoms with E-state index in [1.807, 2.05) is 35.3 Å². The first-order valence-corrected chi connectivity index (χ1v) is 16.3. The van der Waals surface area contributed by atoms with Crippen molar-refractivity contribution in [1.82, 2.24) is 19.6 Å². The van der Waals surface area contributed by atoms with Crippen LogP contribution in [0.25, 0.3) is 5.69 Å². The number of carbonyl (C=O) groups is 1. The summed E-state index contributed by atoms with van der Waals surface area (Å²) >= 11 is 20.3. The van der Waals surface area contributed by atoms with Gasteiger partial charge in [0, 0.05) is 27.9 Å². The van der Waals surface area contributed by atoms with Crippen LogP contribution < -0.4 is 10.0 Å². The number of aromatic nitrogens is 2. The number of hydrogen-bond acceptors (Lipinski definition) is 5. The lowest BCUT2D eigenvalue weighted by Gasteiger charge is -2.28. The third-order valence-corrected chi connectivity index (χ3v) is 9.86. The molecule has 0 aliphatic rings.